The van der Waals surface area contributed by atoms with Gasteiger partial charge in [-0.15, -0.1) is 0 Å². The zero-order valence-corrected chi connectivity index (χ0v) is 17.8. The standard InChI is InChI=1S/C28H22N2O/c1-16-12-17(2)27(18(3)13-16)19-8-10-22-21-11-9-20(31)15-23(21)28-29-24-6-4-5-7-25(24)30(28)26(22)14-19/h4-15,31H,1-3H3. The maximum Gasteiger partial charge on any atom is 0.146 e. The van der Waals surface area contributed by atoms with Gasteiger partial charge in [0.25, 0.3) is 0 Å². The average molecular weight is 402 g/mol. The van der Waals surface area contributed by atoms with E-state index in [-0.39, 0.29) is 5.75 Å². The molecule has 0 amide bonds. The second-order valence-electron chi connectivity index (χ2n) is 8.50. The molecule has 6 aromatic rings. The van der Waals surface area contributed by atoms with E-state index in [2.05, 4.69) is 61.6 Å². The minimum absolute atomic E-state index is 0.253. The first-order valence-corrected chi connectivity index (χ1v) is 10.5. The number of hydrogen-bond donors (Lipinski definition) is 1. The van der Waals surface area contributed by atoms with Crippen molar-refractivity contribution in [3.63, 3.8) is 0 Å². The van der Waals surface area contributed by atoms with Gasteiger partial charge in [0.05, 0.1) is 16.6 Å². The van der Waals surface area contributed by atoms with Crippen molar-refractivity contribution in [2.24, 2.45) is 0 Å². The van der Waals surface area contributed by atoms with Crippen LogP contribution in [-0.2, 0) is 0 Å². The third-order valence-electron chi connectivity index (χ3n) is 6.30. The highest BCUT2D eigenvalue weighted by Gasteiger charge is 2.16. The Balaban J connectivity index is 1.82. The van der Waals surface area contributed by atoms with Crippen molar-refractivity contribution in [2.75, 3.05) is 0 Å². The molecule has 150 valence electrons. The fraction of sp³-hybridized carbons (Fsp3) is 0.107. The van der Waals surface area contributed by atoms with Gasteiger partial charge < -0.3 is 5.11 Å². The minimum Gasteiger partial charge on any atom is -0.508 e. The Morgan fingerprint density at radius 1 is 0.710 bits per heavy atom. The number of benzene rings is 4. The van der Waals surface area contributed by atoms with Crippen molar-refractivity contribution in [1.82, 2.24) is 9.38 Å². The fourth-order valence-corrected chi connectivity index (χ4v) is 5.14. The summed E-state index contributed by atoms with van der Waals surface area (Å²) in [5.41, 5.74) is 10.4. The number of hydrogen-bond acceptors (Lipinski definition) is 2. The van der Waals surface area contributed by atoms with E-state index >= 15 is 0 Å². The van der Waals surface area contributed by atoms with Crippen LogP contribution in [0.25, 0.3) is 49.5 Å². The predicted molar refractivity (Wildman–Crippen MR) is 129 cm³/mol. The zero-order valence-electron chi connectivity index (χ0n) is 17.8. The van der Waals surface area contributed by atoms with Gasteiger partial charge in [-0.1, -0.05) is 42.0 Å². The largest absolute Gasteiger partial charge is 0.508 e. The molecule has 0 aliphatic carbocycles. The lowest BCUT2D eigenvalue weighted by Gasteiger charge is -2.15. The molecule has 0 aliphatic rings. The van der Waals surface area contributed by atoms with Crippen LogP contribution >= 0.6 is 0 Å². The normalized spacial score (nSPS) is 11.8. The predicted octanol–water partition coefficient (Wildman–Crippen LogP) is 7.09. The molecule has 0 aliphatic heterocycles. The van der Waals surface area contributed by atoms with Crippen LogP contribution in [0, 0.1) is 20.8 Å². The van der Waals surface area contributed by atoms with E-state index < -0.39 is 0 Å². The molecule has 3 heteroatoms. The maximum absolute atomic E-state index is 10.2. The zero-order chi connectivity index (χ0) is 21.3. The van der Waals surface area contributed by atoms with Crippen molar-refractivity contribution in [3.05, 3.63) is 89.5 Å². The topological polar surface area (TPSA) is 37.5 Å². The molecule has 0 spiro atoms. The van der Waals surface area contributed by atoms with Crippen molar-refractivity contribution >= 4 is 38.4 Å². The van der Waals surface area contributed by atoms with Crippen LogP contribution in [0.2, 0.25) is 0 Å². The number of phenols is 1. The molecule has 0 unspecified atom stereocenters. The summed E-state index contributed by atoms with van der Waals surface area (Å²) in [7, 11) is 0. The van der Waals surface area contributed by atoms with Gasteiger partial charge >= 0.3 is 0 Å². The van der Waals surface area contributed by atoms with Crippen LogP contribution in [0.5, 0.6) is 5.75 Å². The summed E-state index contributed by atoms with van der Waals surface area (Å²) in [5, 5.41) is 13.4. The van der Waals surface area contributed by atoms with Crippen molar-refractivity contribution in [3.8, 4) is 16.9 Å². The number of pyridine rings is 1. The van der Waals surface area contributed by atoms with Crippen LogP contribution in [0.1, 0.15) is 16.7 Å². The molecule has 0 atom stereocenters. The third kappa shape index (κ3) is 2.56. The Labute approximate surface area is 180 Å². The number of fused-ring (bicyclic) bond motifs is 8. The molecule has 2 aromatic heterocycles. The summed E-state index contributed by atoms with van der Waals surface area (Å²) in [5.74, 6) is 0.253. The number of aryl methyl sites for hydroxylation is 3. The summed E-state index contributed by atoms with van der Waals surface area (Å²) in [6.07, 6.45) is 0. The summed E-state index contributed by atoms with van der Waals surface area (Å²) in [6.45, 7) is 6.52. The van der Waals surface area contributed by atoms with Gasteiger partial charge in [-0.25, -0.2) is 4.98 Å². The Kier molecular flexibility index (Phi) is 3.66. The van der Waals surface area contributed by atoms with Crippen LogP contribution in [0.4, 0.5) is 0 Å². The number of phenolic OH excluding ortho intramolecular Hbond substituents is 1. The lowest BCUT2D eigenvalue weighted by atomic mass is 9.92. The van der Waals surface area contributed by atoms with Crippen LogP contribution in [-0.4, -0.2) is 14.5 Å². The minimum atomic E-state index is 0.253. The number of para-hydroxylation sites is 2. The van der Waals surface area contributed by atoms with E-state index in [1.807, 2.05) is 30.3 Å². The highest BCUT2D eigenvalue weighted by atomic mass is 16.3. The van der Waals surface area contributed by atoms with E-state index in [0.29, 0.717) is 0 Å². The third-order valence-corrected chi connectivity index (χ3v) is 6.30. The maximum atomic E-state index is 10.2. The number of aromatic nitrogens is 2. The Hall–Kier alpha value is -3.85. The quantitative estimate of drug-likeness (QED) is 0.298. The second-order valence-corrected chi connectivity index (χ2v) is 8.50. The molecule has 0 bridgehead atoms. The average Bonchev–Trinajstić information content (AvgIpc) is 3.13. The second kappa shape index (κ2) is 6.32. The van der Waals surface area contributed by atoms with E-state index in [0.717, 1.165) is 38.4 Å². The van der Waals surface area contributed by atoms with E-state index in [4.69, 9.17) is 4.98 Å². The molecule has 6 rings (SSSR count). The summed E-state index contributed by atoms with van der Waals surface area (Å²) in [4.78, 5) is 4.94. The molecule has 31 heavy (non-hydrogen) atoms. The van der Waals surface area contributed by atoms with E-state index in [1.54, 1.807) is 6.07 Å². The lowest BCUT2D eigenvalue weighted by molar-refractivity contribution is 0.476. The molecule has 2 heterocycles. The number of rotatable bonds is 1. The Bertz CT molecular complexity index is 1650. The number of imidazole rings is 1. The highest BCUT2D eigenvalue weighted by Crippen LogP contribution is 2.37. The van der Waals surface area contributed by atoms with E-state index in [9.17, 15) is 5.11 Å². The smallest absolute Gasteiger partial charge is 0.146 e. The Morgan fingerprint density at radius 2 is 1.45 bits per heavy atom. The van der Waals surface area contributed by atoms with Crippen LogP contribution < -0.4 is 0 Å². The van der Waals surface area contributed by atoms with Gasteiger partial charge in [0.1, 0.15) is 11.4 Å². The Morgan fingerprint density at radius 3 is 2.26 bits per heavy atom. The van der Waals surface area contributed by atoms with Crippen molar-refractivity contribution in [1.29, 1.82) is 0 Å². The fourth-order valence-electron chi connectivity index (χ4n) is 5.14. The van der Waals surface area contributed by atoms with Gasteiger partial charge in [0.2, 0.25) is 0 Å². The molecular formula is C28H22N2O. The van der Waals surface area contributed by atoms with Crippen molar-refractivity contribution in [2.45, 2.75) is 20.8 Å². The molecule has 0 radical (unpaired) electrons. The molecule has 0 saturated carbocycles. The first-order valence-electron chi connectivity index (χ1n) is 10.5. The lowest BCUT2D eigenvalue weighted by Crippen LogP contribution is -1.94. The summed E-state index contributed by atoms with van der Waals surface area (Å²) >= 11 is 0. The van der Waals surface area contributed by atoms with E-state index in [1.165, 1.54) is 27.8 Å². The van der Waals surface area contributed by atoms with Gasteiger partial charge in [-0.3, -0.25) is 4.40 Å². The van der Waals surface area contributed by atoms with Gasteiger partial charge in [-0.05, 0) is 84.8 Å². The monoisotopic (exact) mass is 402 g/mol. The van der Waals surface area contributed by atoms with Gasteiger partial charge in [-0.2, -0.15) is 0 Å². The summed E-state index contributed by atoms with van der Waals surface area (Å²) < 4.78 is 2.23. The molecule has 1 N–H and O–H groups in total. The van der Waals surface area contributed by atoms with Gasteiger partial charge in [0.15, 0.2) is 0 Å². The molecule has 4 aromatic carbocycles. The summed E-state index contributed by atoms with van der Waals surface area (Å²) in [6, 6.07) is 25.0. The molecule has 0 saturated heterocycles. The number of aromatic hydroxyl groups is 1. The number of nitrogens with zero attached hydrogens (tertiary/aromatic N) is 2. The molecular weight excluding hydrogens is 380 g/mol. The van der Waals surface area contributed by atoms with Gasteiger partial charge in [0, 0.05) is 10.8 Å². The first kappa shape index (κ1) is 18.0. The highest BCUT2D eigenvalue weighted by molar-refractivity contribution is 6.14. The molecule has 3 nitrogen and oxygen atoms in total. The first-order chi connectivity index (χ1) is 15.0. The molecule has 0 fully saturated rings. The SMILES string of the molecule is Cc1cc(C)c(-c2ccc3c4ccc(O)cc4c4nc5ccccc5n4c3c2)c(C)c1. The van der Waals surface area contributed by atoms with Crippen molar-refractivity contribution < 1.29 is 5.11 Å². The van der Waals surface area contributed by atoms with Crippen LogP contribution in [0.15, 0.2) is 72.8 Å². The van der Waals surface area contributed by atoms with Crippen LogP contribution in [0.3, 0.4) is 0 Å².